The van der Waals surface area contributed by atoms with E-state index in [0.29, 0.717) is 11.8 Å². The first-order valence-corrected chi connectivity index (χ1v) is 7.35. The largest absolute Gasteiger partial charge is 0.454 e. The van der Waals surface area contributed by atoms with E-state index in [4.69, 9.17) is 9.47 Å². The fourth-order valence-corrected chi connectivity index (χ4v) is 2.50. The molecular formula is C17H23NO3. The maximum Gasteiger partial charge on any atom is 0.244 e. The number of nitrogens with one attached hydrogen (secondary N) is 1. The topological polar surface area (TPSA) is 47.6 Å². The highest BCUT2D eigenvalue weighted by molar-refractivity contribution is 5.92. The molecule has 4 heteroatoms. The van der Waals surface area contributed by atoms with Gasteiger partial charge in [-0.15, -0.1) is 0 Å². The minimum absolute atomic E-state index is 0.0694. The Bertz CT molecular complexity index is 527. The highest BCUT2D eigenvalue weighted by Gasteiger charge is 2.18. The first-order valence-electron chi connectivity index (χ1n) is 7.35. The summed E-state index contributed by atoms with van der Waals surface area (Å²) in [4.78, 5) is 12.0. The molecule has 0 saturated heterocycles. The number of hydrogen-bond donors (Lipinski definition) is 1. The molecule has 4 nitrogen and oxygen atoms in total. The van der Waals surface area contributed by atoms with Crippen LogP contribution in [0.4, 0.5) is 0 Å². The second-order valence-electron chi connectivity index (χ2n) is 5.97. The number of carbonyl (C=O) groups excluding carboxylic acids is 1. The number of rotatable bonds is 5. The van der Waals surface area contributed by atoms with Gasteiger partial charge in [-0.3, -0.25) is 4.79 Å². The minimum atomic E-state index is -0.0694. The molecule has 0 fully saturated rings. The fourth-order valence-electron chi connectivity index (χ4n) is 2.50. The van der Waals surface area contributed by atoms with Crippen LogP contribution in [0.5, 0.6) is 11.5 Å². The van der Waals surface area contributed by atoms with E-state index in [0.717, 1.165) is 17.1 Å². The SMILES string of the molecule is CC(C)C(NC(=O)/C=C/c1ccc2c(c1)OCO2)C(C)C. The third kappa shape index (κ3) is 4.00. The number of carbonyl (C=O) groups is 1. The Morgan fingerprint density at radius 2 is 1.81 bits per heavy atom. The zero-order valence-corrected chi connectivity index (χ0v) is 13.1. The van der Waals surface area contributed by atoms with Crippen LogP contribution in [0, 0.1) is 11.8 Å². The maximum absolute atomic E-state index is 12.0. The van der Waals surface area contributed by atoms with Crippen LogP contribution in [-0.4, -0.2) is 18.7 Å². The summed E-state index contributed by atoms with van der Waals surface area (Å²) in [5.74, 6) is 2.22. The molecule has 1 aromatic rings. The van der Waals surface area contributed by atoms with Crippen LogP contribution in [0.3, 0.4) is 0 Å². The van der Waals surface area contributed by atoms with E-state index in [2.05, 4.69) is 33.0 Å². The summed E-state index contributed by atoms with van der Waals surface area (Å²) in [6.45, 7) is 8.73. The Morgan fingerprint density at radius 1 is 1.14 bits per heavy atom. The first-order chi connectivity index (χ1) is 9.97. The molecule has 1 aliphatic rings. The van der Waals surface area contributed by atoms with E-state index in [9.17, 15) is 4.79 Å². The van der Waals surface area contributed by atoms with Gasteiger partial charge in [0.15, 0.2) is 11.5 Å². The van der Waals surface area contributed by atoms with Crippen molar-refractivity contribution in [2.75, 3.05) is 6.79 Å². The zero-order valence-electron chi connectivity index (χ0n) is 13.1. The maximum atomic E-state index is 12.0. The first kappa shape index (κ1) is 15.4. The third-order valence-corrected chi connectivity index (χ3v) is 3.57. The van der Waals surface area contributed by atoms with Gasteiger partial charge >= 0.3 is 0 Å². The van der Waals surface area contributed by atoms with Crippen molar-refractivity contribution in [1.82, 2.24) is 5.32 Å². The van der Waals surface area contributed by atoms with Crippen molar-refractivity contribution < 1.29 is 14.3 Å². The van der Waals surface area contributed by atoms with Crippen LogP contribution >= 0.6 is 0 Å². The number of fused-ring (bicyclic) bond motifs is 1. The molecule has 0 radical (unpaired) electrons. The Labute approximate surface area is 126 Å². The predicted molar refractivity (Wildman–Crippen MR) is 83.2 cm³/mol. The molecule has 0 spiro atoms. The van der Waals surface area contributed by atoms with Gasteiger partial charge in [0.1, 0.15) is 0 Å². The Balaban J connectivity index is 1.98. The third-order valence-electron chi connectivity index (χ3n) is 3.57. The van der Waals surface area contributed by atoms with E-state index in [1.165, 1.54) is 0 Å². The van der Waals surface area contributed by atoms with Crippen LogP contribution in [0.15, 0.2) is 24.3 Å². The van der Waals surface area contributed by atoms with Crippen LogP contribution in [0.2, 0.25) is 0 Å². The molecule has 1 aromatic carbocycles. The fraction of sp³-hybridized carbons (Fsp3) is 0.471. The van der Waals surface area contributed by atoms with E-state index >= 15 is 0 Å². The molecule has 21 heavy (non-hydrogen) atoms. The van der Waals surface area contributed by atoms with Crippen LogP contribution in [0.25, 0.3) is 6.08 Å². The normalized spacial score (nSPS) is 13.7. The lowest BCUT2D eigenvalue weighted by atomic mass is 9.93. The van der Waals surface area contributed by atoms with Crippen molar-refractivity contribution in [2.45, 2.75) is 33.7 Å². The Morgan fingerprint density at radius 3 is 2.48 bits per heavy atom. The van der Waals surface area contributed by atoms with Crippen LogP contribution in [-0.2, 0) is 4.79 Å². The highest BCUT2D eigenvalue weighted by Crippen LogP contribution is 2.32. The van der Waals surface area contributed by atoms with Gasteiger partial charge in [0.2, 0.25) is 12.7 Å². The zero-order chi connectivity index (χ0) is 15.4. The number of amides is 1. The molecule has 1 heterocycles. The van der Waals surface area contributed by atoms with E-state index in [1.807, 2.05) is 18.2 Å². The van der Waals surface area contributed by atoms with E-state index in [-0.39, 0.29) is 18.7 Å². The molecule has 1 N–H and O–H groups in total. The molecule has 0 saturated carbocycles. The van der Waals surface area contributed by atoms with Crippen molar-refractivity contribution >= 4 is 12.0 Å². The summed E-state index contributed by atoms with van der Waals surface area (Å²) in [6.07, 6.45) is 3.35. The molecule has 0 unspecified atom stereocenters. The quantitative estimate of drug-likeness (QED) is 0.847. The second kappa shape index (κ2) is 6.66. The average Bonchev–Trinajstić information content (AvgIpc) is 2.89. The van der Waals surface area contributed by atoms with Gasteiger partial charge in [-0.1, -0.05) is 33.8 Å². The number of hydrogen-bond acceptors (Lipinski definition) is 3. The van der Waals surface area contributed by atoms with Crippen molar-refractivity contribution in [3.05, 3.63) is 29.8 Å². The monoisotopic (exact) mass is 289 g/mol. The average molecular weight is 289 g/mol. The van der Waals surface area contributed by atoms with Gasteiger partial charge in [-0.05, 0) is 35.6 Å². The number of benzene rings is 1. The van der Waals surface area contributed by atoms with Crippen molar-refractivity contribution in [3.8, 4) is 11.5 Å². The van der Waals surface area contributed by atoms with Crippen molar-refractivity contribution in [3.63, 3.8) is 0 Å². The Kier molecular flexibility index (Phi) is 4.89. The molecule has 0 bridgehead atoms. The number of ether oxygens (including phenoxy) is 2. The summed E-state index contributed by atoms with van der Waals surface area (Å²) in [7, 11) is 0. The highest BCUT2D eigenvalue weighted by atomic mass is 16.7. The molecule has 0 aliphatic carbocycles. The van der Waals surface area contributed by atoms with E-state index in [1.54, 1.807) is 12.2 Å². The van der Waals surface area contributed by atoms with Gasteiger partial charge < -0.3 is 14.8 Å². The van der Waals surface area contributed by atoms with Crippen molar-refractivity contribution in [2.24, 2.45) is 11.8 Å². The van der Waals surface area contributed by atoms with Gasteiger partial charge in [0, 0.05) is 12.1 Å². The summed E-state index contributed by atoms with van der Waals surface area (Å²) in [5.41, 5.74) is 0.917. The lowest BCUT2D eigenvalue weighted by molar-refractivity contribution is -0.117. The van der Waals surface area contributed by atoms with Gasteiger partial charge in [0.05, 0.1) is 0 Å². The summed E-state index contributed by atoms with van der Waals surface area (Å²) >= 11 is 0. The molecule has 1 amide bonds. The molecule has 0 aromatic heterocycles. The molecule has 1 aliphatic heterocycles. The smallest absolute Gasteiger partial charge is 0.244 e. The molecule has 114 valence electrons. The Hall–Kier alpha value is -1.97. The minimum Gasteiger partial charge on any atom is -0.454 e. The van der Waals surface area contributed by atoms with Gasteiger partial charge in [-0.2, -0.15) is 0 Å². The summed E-state index contributed by atoms with van der Waals surface area (Å²) in [6, 6.07) is 5.80. The second-order valence-corrected chi connectivity index (χ2v) is 5.97. The summed E-state index contributed by atoms with van der Waals surface area (Å²) in [5, 5.41) is 3.06. The van der Waals surface area contributed by atoms with Crippen LogP contribution in [0.1, 0.15) is 33.3 Å². The predicted octanol–water partition coefficient (Wildman–Crippen LogP) is 3.23. The van der Waals surface area contributed by atoms with Gasteiger partial charge in [-0.25, -0.2) is 0 Å². The molecule has 2 rings (SSSR count). The van der Waals surface area contributed by atoms with E-state index < -0.39 is 0 Å². The standard InChI is InChI=1S/C17H23NO3/c1-11(2)17(12(3)4)18-16(19)8-6-13-5-7-14-15(9-13)21-10-20-14/h5-9,11-12,17H,10H2,1-4H3,(H,18,19)/b8-6+. The van der Waals surface area contributed by atoms with Crippen molar-refractivity contribution in [1.29, 1.82) is 0 Å². The van der Waals surface area contributed by atoms with Crippen LogP contribution < -0.4 is 14.8 Å². The molecular weight excluding hydrogens is 266 g/mol. The summed E-state index contributed by atoms with van der Waals surface area (Å²) < 4.78 is 10.6. The van der Waals surface area contributed by atoms with Gasteiger partial charge in [0.25, 0.3) is 0 Å². The lowest BCUT2D eigenvalue weighted by Gasteiger charge is -2.25. The molecule has 0 atom stereocenters. The lowest BCUT2D eigenvalue weighted by Crippen LogP contribution is -2.41.